The zero-order chi connectivity index (χ0) is 29.6. The van der Waals surface area contributed by atoms with Gasteiger partial charge in [0.25, 0.3) is 0 Å². The first-order valence-corrected chi connectivity index (χ1v) is 15.9. The van der Waals surface area contributed by atoms with Crippen LogP contribution in [0.3, 0.4) is 0 Å². The van der Waals surface area contributed by atoms with Crippen LogP contribution in [-0.2, 0) is 37.4 Å². The smallest absolute Gasteiger partial charge is 0.243 e. The number of fused-ring (bicyclic) bond motifs is 4. The maximum atomic E-state index is 14.1. The average molecular weight is 586 g/mol. The first kappa shape index (κ1) is 28.3. The molecule has 1 aliphatic carbocycles. The van der Waals surface area contributed by atoms with Crippen LogP contribution >= 0.6 is 0 Å². The molecule has 42 heavy (non-hydrogen) atoms. The third-order valence-electron chi connectivity index (χ3n) is 9.30. The van der Waals surface area contributed by atoms with E-state index in [-0.39, 0.29) is 42.1 Å². The van der Waals surface area contributed by atoms with Gasteiger partial charge in [-0.05, 0) is 49.4 Å². The van der Waals surface area contributed by atoms with Crippen LogP contribution in [0, 0.1) is 24.7 Å². The zero-order valence-corrected chi connectivity index (χ0v) is 24.6. The second kappa shape index (κ2) is 10.8. The lowest BCUT2D eigenvalue weighted by Crippen LogP contribution is -2.79. The molecular formula is C33H35N3O5S. The van der Waals surface area contributed by atoms with Crippen LogP contribution in [0.1, 0.15) is 36.5 Å². The van der Waals surface area contributed by atoms with Crippen molar-refractivity contribution in [3.8, 4) is 0 Å². The Labute approximate surface area is 246 Å². The predicted octanol–water partition coefficient (Wildman–Crippen LogP) is 3.70. The molecule has 3 aliphatic rings. The standard InChI is InChI=1S/C33H35N3O5S/c1-22-13-16-26(17-14-22)42(40,41)36-20-19-33(34-23(2)37)29(27(36)18-15-24-9-5-3-6-10-24)28-30(33)32(39)35(31(28)38)21-25-11-7-4-8-12-25/h3-14,16-17,27-30H,15,18-21H2,1-2H3,(H,34,37)/t27-,28-,29-,30+,33+/m0/s1. The molecule has 3 amide bonds. The fraction of sp³-hybridized carbons (Fsp3) is 0.364. The van der Waals surface area contributed by atoms with Gasteiger partial charge in [-0.3, -0.25) is 19.3 Å². The molecular weight excluding hydrogens is 550 g/mol. The number of hydrogen-bond donors (Lipinski definition) is 1. The van der Waals surface area contributed by atoms with Crippen LogP contribution < -0.4 is 5.32 Å². The minimum Gasteiger partial charge on any atom is -0.350 e. The minimum absolute atomic E-state index is 0.135. The fourth-order valence-electron chi connectivity index (χ4n) is 7.51. The quantitative estimate of drug-likeness (QED) is 0.406. The molecule has 9 heteroatoms. The van der Waals surface area contributed by atoms with Gasteiger partial charge < -0.3 is 5.32 Å². The van der Waals surface area contributed by atoms with Gasteiger partial charge >= 0.3 is 0 Å². The molecule has 218 valence electrons. The molecule has 8 nitrogen and oxygen atoms in total. The van der Waals surface area contributed by atoms with E-state index in [2.05, 4.69) is 5.32 Å². The van der Waals surface area contributed by atoms with Crippen molar-refractivity contribution in [2.75, 3.05) is 6.54 Å². The van der Waals surface area contributed by atoms with Gasteiger partial charge in [0.15, 0.2) is 0 Å². The molecule has 6 rings (SSSR count). The van der Waals surface area contributed by atoms with E-state index in [0.29, 0.717) is 12.8 Å². The molecule has 0 spiro atoms. The number of aryl methyl sites for hydroxylation is 2. The number of imide groups is 1. The van der Waals surface area contributed by atoms with E-state index in [1.807, 2.05) is 67.6 Å². The van der Waals surface area contributed by atoms with E-state index in [1.54, 1.807) is 24.3 Å². The predicted molar refractivity (Wildman–Crippen MR) is 157 cm³/mol. The van der Waals surface area contributed by atoms with Gasteiger partial charge in [0.2, 0.25) is 27.7 Å². The molecule has 2 aliphatic heterocycles. The lowest BCUT2D eigenvalue weighted by atomic mass is 9.47. The zero-order valence-electron chi connectivity index (χ0n) is 23.8. The van der Waals surface area contributed by atoms with Crippen molar-refractivity contribution >= 4 is 27.7 Å². The van der Waals surface area contributed by atoms with Crippen molar-refractivity contribution < 1.29 is 22.8 Å². The lowest BCUT2D eigenvalue weighted by molar-refractivity contribution is -0.163. The number of benzene rings is 3. The molecule has 0 unspecified atom stereocenters. The van der Waals surface area contributed by atoms with E-state index in [9.17, 15) is 22.8 Å². The molecule has 5 atom stereocenters. The summed E-state index contributed by atoms with van der Waals surface area (Å²) in [5, 5.41) is 3.09. The van der Waals surface area contributed by atoms with Crippen molar-refractivity contribution in [1.29, 1.82) is 0 Å². The monoisotopic (exact) mass is 585 g/mol. The van der Waals surface area contributed by atoms with E-state index in [4.69, 9.17) is 0 Å². The summed E-state index contributed by atoms with van der Waals surface area (Å²) in [6.07, 6.45) is 1.29. The van der Waals surface area contributed by atoms with Crippen LogP contribution in [0.4, 0.5) is 0 Å². The maximum absolute atomic E-state index is 14.1. The topological polar surface area (TPSA) is 104 Å². The van der Waals surface area contributed by atoms with E-state index in [0.717, 1.165) is 16.7 Å². The van der Waals surface area contributed by atoms with Crippen LogP contribution in [0.5, 0.6) is 0 Å². The van der Waals surface area contributed by atoms with Crippen molar-refractivity contribution in [3.63, 3.8) is 0 Å². The first-order valence-electron chi connectivity index (χ1n) is 14.4. The molecule has 2 saturated heterocycles. The van der Waals surface area contributed by atoms with Gasteiger partial charge in [0, 0.05) is 25.4 Å². The molecule has 0 aromatic heterocycles. The summed E-state index contributed by atoms with van der Waals surface area (Å²) < 4.78 is 29.8. The third kappa shape index (κ3) is 4.65. The number of amides is 3. The van der Waals surface area contributed by atoms with Gasteiger partial charge in [-0.1, -0.05) is 78.4 Å². The second-order valence-corrected chi connectivity index (χ2v) is 13.7. The third-order valence-corrected chi connectivity index (χ3v) is 11.2. The summed E-state index contributed by atoms with van der Waals surface area (Å²) in [4.78, 5) is 41.9. The Morgan fingerprint density at radius 1 is 0.905 bits per heavy atom. The van der Waals surface area contributed by atoms with Crippen LogP contribution in [0.25, 0.3) is 0 Å². The molecule has 1 saturated carbocycles. The molecule has 2 heterocycles. The van der Waals surface area contributed by atoms with Crippen molar-refractivity contribution in [2.45, 2.75) is 56.1 Å². The fourth-order valence-corrected chi connectivity index (χ4v) is 9.18. The van der Waals surface area contributed by atoms with Gasteiger partial charge in [0.1, 0.15) is 0 Å². The van der Waals surface area contributed by atoms with Crippen molar-refractivity contribution in [2.24, 2.45) is 17.8 Å². The van der Waals surface area contributed by atoms with Crippen LogP contribution in [0.2, 0.25) is 0 Å². The number of piperidine rings is 1. The maximum Gasteiger partial charge on any atom is 0.243 e. The summed E-state index contributed by atoms with van der Waals surface area (Å²) in [6, 6.07) is 25.3. The number of likely N-dealkylation sites (tertiary alicyclic amines) is 1. The van der Waals surface area contributed by atoms with Crippen molar-refractivity contribution in [3.05, 3.63) is 102 Å². The van der Waals surface area contributed by atoms with Gasteiger partial charge in [-0.2, -0.15) is 4.31 Å². The van der Waals surface area contributed by atoms with Gasteiger partial charge in [-0.25, -0.2) is 8.42 Å². The highest BCUT2D eigenvalue weighted by Gasteiger charge is 2.76. The summed E-state index contributed by atoms with van der Waals surface area (Å²) in [6.45, 7) is 3.60. The van der Waals surface area contributed by atoms with Crippen LogP contribution in [-0.4, -0.2) is 53.5 Å². The summed E-state index contributed by atoms with van der Waals surface area (Å²) in [7, 11) is -3.92. The lowest BCUT2D eigenvalue weighted by Gasteiger charge is -2.63. The summed E-state index contributed by atoms with van der Waals surface area (Å²) >= 11 is 0. The Morgan fingerprint density at radius 2 is 1.52 bits per heavy atom. The molecule has 3 fully saturated rings. The van der Waals surface area contributed by atoms with E-state index < -0.39 is 39.4 Å². The Hall–Kier alpha value is -3.82. The SMILES string of the molecule is CC(=O)N[C@]12CCN(S(=O)(=O)c3ccc(C)cc3)[C@@H](CCc3ccccc3)[C@H]1[C@@H]1C(=O)N(Cc3ccccc3)C(=O)[C@@H]12. The molecule has 0 bridgehead atoms. The highest BCUT2D eigenvalue weighted by atomic mass is 32.2. The Morgan fingerprint density at radius 3 is 2.14 bits per heavy atom. The highest BCUT2D eigenvalue weighted by molar-refractivity contribution is 7.89. The number of nitrogens with one attached hydrogen (secondary N) is 1. The molecule has 3 aromatic rings. The van der Waals surface area contributed by atoms with Crippen molar-refractivity contribution in [1.82, 2.24) is 14.5 Å². The van der Waals surface area contributed by atoms with Gasteiger partial charge in [0.05, 0.1) is 28.8 Å². The number of hydrogen-bond acceptors (Lipinski definition) is 5. The minimum atomic E-state index is -3.92. The number of carbonyl (C=O) groups is 3. The van der Waals surface area contributed by atoms with Crippen LogP contribution in [0.15, 0.2) is 89.8 Å². The number of nitrogens with zero attached hydrogens (tertiary/aromatic N) is 2. The van der Waals surface area contributed by atoms with E-state index >= 15 is 0 Å². The second-order valence-electron chi connectivity index (χ2n) is 11.8. The molecule has 1 N–H and O–H groups in total. The summed E-state index contributed by atoms with van der Waals surface area (Å²) in [5.74, 6) is -2.84. The summed E-state index contributed by atoms with van der Waals surface area (Å²) in [5.41, 5.74) is 1.85. The normalized spacial score (nSPS) is 27.2. The number of rotatable bonds is 8. The highest BCUT2D eigenvalue weighted by Crippen LogP contribution is 2.61. The van der Waals surface area contributed by atoms with Gasteiger partial charge in [-0.15, -0.1) is 0 Å². The number of carbonyl (C=O) groups excluding carboxylic acids is 3. The average Bonchev–Trinajstić information content (AvgIpc) is 3.18. The number of sulfonamides is 1. The molecule has 3 aromatic carbocycles. The Kier molecular flexibility index (Phi) is 7.27. The Balaban J connectivity index is 1.41. The van der Waals surface area contributed by atoms with E-state index in [1.165, 1.54) is 16.1 Å². The first-order chi connectivity index (χ1) is 20.1. The Bertz CT molecular complexity index is 1610. The molecule has 0 radical (unpaired) electrons. The largest absolute Gasteiger partial charge is 0.350 e.